The highest BCUT2D eigenvalue weighted by atomic mass is 19.4. The van der Waals surface area contributed by atoms with Crippen molar-refractivity contribution in [2.24, 2.45) is 16.7 Å². The Labute approximate surface area is 121 Å². The molecular formula is C15H19F3N2O. The molecule has 1 aliphatic carbocycles. The number of hydrogen-bond acceptors (Lipinski definition) is 2. The third kappa shape index (κ3) is 2.47. The highest BCUT2D eigenvalue weighted by Gasteiger charge is 2.68. The number of carbonyl (C=O) groups is 1. The average Bonchev–Trinajstić information content (AvgIpc) is 2.70. The largest absolute Gasteiger partial charge is 0.416 e. The van der Waals surface area contributed by atoms with Gasteiger partial charge < -0.3 is 11.1 Å². The number of nitrogen functional groups attached to an aromatic ring is 1. The Morgan fingerprint density at radius 1 is 1.19 bits per heavy atom. The highest BCUT2D eigenvalue weighted by molar-refractivity contribution is 5.98. The second-order valence-electron chi connectivity index (χ2n) is 6.67. The standard InChI is InChI=1S/C15H19F3N2O/c1-13(2)11(14(13,3)4)12(21)20-10-6-5-8(7-9(10)19)15(16,17)18/h5-7,11H,19H2,1-4H3,(H,20,21). The van der Waals surface area contributed by atoms with Crippen LogP contribution < -0.4 is 11.1 Å². The normalized spacial score (nSPS) is 20.1. The van der Waals surface area contributed by atoms with Gasteiger partial charge in [-0.2, -0.15) is 13.2 Å². The van der Waals surface area contributed by atoms with E-state index in [-0.39, 0.29) is 34.0 Å². The molecule has 1 aromatic rings. The van der Waals surface area contributed by atoms with E-state index < -0.39 is 11.7 Å². The molecule has 2 rings (SSSR count). The van der Waals surface area contributed by atoms with Crippen molar-refractivity contribution in [2.45, 2.75) is 33.9 Å². The summed E-state index contributed by atoms with van der Waals surface area (Å²) in [6.45, 7) is 7.97. The summed E-state index contributed by atoms with van der Waals surface area (Å²) in [4.78, 5) is 12.3. The molecule has 1 fully saturated rings. The number of alkyl halides is 3. The molecule has 3 nitrogen and oxygen atoms in total. The monoisotopic (exact) mass is 300 g/mol. The zero-order chi connectivity index (χ0) is 16.2. The number of halogens is 3. The van der Waals surface area contributed by atoms with Crippen molar-refractivity contribution in [1.82, 2.24) is 0 Å². The van der Waals surface area contributed by atoms with Gasteiger partial charge in [-0.05, 0) is 29.0 Å². The molecule has 0 heterocycles. The zero-order valence-electron chi connectivity index (χ0n) is 12.4. The van der Waals surface area contributed by atoms with E-state index in [9.17, 15) is 18.0 Å². The molecule has 6 heteroatoms. The number of hydrogen-bond donors (Lipinski definition) is 2. The Morgan fingerprint density at radius 2 is 1.71 bits per heavy atom. The van der Waals surface area contributed by atoms with Crippen LogP contribution in [0.1, 0.15) is 33.3 Å². The van der Waals surface area contributed by atoms with Gasteiger partial charge in [0.15, 0.2) is 0 Å². The van der Waals surface area contributed by atoms with Crippen molar-refractivity contribution >= 4 is 17.3 Å². The number of benzene rings is 1. The SMILES string of the molecule is CC1(C)C(C(=O)Nc2ccc(C(F)(F)F)cc2N)C1(C)C. The Balaban J connectivity index is 2.17. The van der Waals surface area contributed by atoms with Gasteiger partial charge in [-0.25, -0.2) is 0 Å². The van der Waals surface area contributed by atoms with Crippen LogP contribution in [0.3, 0.4) is 0 Å². The lowest BCUT2D eigenvalue weighted by molar-refractivity contribution is -0.137. The van der Waals surface area contributed by atoms with Crippen LogP contribution in [0.5, 0.6) is 0 Å². The van der Waals surface area contributed by atoms with E-state index in [1.807, 2.05) is 27.7 Å². The summed E-state index contributed by atoms with van der Waals surface area (Å²) in [6.07, 6.45) is -4.45. The maximum atomic E-state index is 12.6. The molecular weight excluding hydrogens is 281 g/mol. The molecule has 0 spiro atoms. The predicted octanol–water partition coefficient (Wildman–Crippen LogP) is 3.91. The fourth-order valence-electron chi connectivity index (χ4n) is 2.91. The lowest BCUT2D eigenvalue weighted by atomic mass is 10.0. The van der Waals surface area contributed by atoms with Crippen LogP contribution in [0.2, 0.25) is 0 Å². The lowest BCUT2D eigenvalue weighted by Crippen LogP contribution is -2.19. The summed E-state index contributed by atoms with van der Waals surface area (Å²) in [5.41, 5.74) is 4.62. The van der Waals surface area contributed by atoms with Crippen LogP contribution in [0, 0.1) is 16.7 Å². The first-order valence-corrected chi connectivity index (χ1v) is 6.66. The molecule has 0 atom stereocenters. The average molecular weight is 300 g/mol. The van der Waals surface area contributed by atoms with Crippen LogP contribution in [0.4, 0.5) is 24.5 Å². The van der Waals surface area contributed by atoms with E-state index in [4.69, 9.17) is 5.73 Å². The van der Waals surface area contributed by atoms with E-state index in [0.29, 0.717) is 0 Å². The Hall–Kier alpha value is -1.72. The number of anilines is 2. The maximum Gasteiger partial charge on any atom is 0.416 e. The molecule has 0 aromatic heterocycles. The van der Waals surface area contributed by atoms with Crippen LogP contribution >= 0.6 is 0 Å². The van der Waals surface area contributed by atoms with E-state index in [2.05, 4.69) is 5.32 Å². The quantitative estimate of drug-likeness (QED) is 0.814. The van der Waals surface area contributed by atoms with Gasteiger partial charge in [0, 0.05) is 5.92 Å². The van der Waals surface area contributed by atoms with Crippen molar-refractivity contribution in [3.05, 3.63) is 23.8 Å². The number of amides is 1. The van der Waals surface area contributed by atoms with Crippen molar-refractivity contribution in [3.8, 4) is 0 Å². The van der Waals surface area contributed by atoms with E-state index >= 15 is 0 Å². The first kappa shape index (κ1) is 15.7. The van der Waals surface area contributed by atoms with Crippen LogP contribution in [0.25, 0.3) is 0 Å². The molecule has 3 N–H and O–H groups in total. The number of nitrogens with one attached hydrogen (secondary N) is 1. The Bertz CT molecular complexity index is 577. The van der Waals surface area contributed by atoms with Gasteiger partial charge in [0.05, 0.1) is 16.9 Å². The van der Waals surface area contributed by atoms with Crippen LogP contribution in [-0.2, 0) is 11.0 Å². The predicted molar refractivity (Wildman–Crippen MR) is 75.5 cm³/mol. The van der Waals surface area contributed by atoms with Gasteiger partial charge in [0.25, 0.3) is 0 Å². The number of carbonyl (C=O) groups excluding carboxylic acids is 1. The summed E-state index contributed by atoms with van der Waals surface area (Å²) >= 11 is 0. The topological polar surface area (TPSA) is 55.1 Å². The minimum atomic E-state index is -4.45. The van der Waals surface area contributed by atoms with Crippen molar-refractivity contribution in [2.75, 3.05) is 11.1 Å². The van der Waals surface area contributed by atoms with E-state index in [1.165, 1.54) is 6.07 Å². The molecule has 0 radical (unpaired) electrons. The summed E-state index contributed by atoms with van der Waals surface area (Å²) in [5, 5.41) is 2.63. The second-order valence-corrected chi connectivity index (χ2v) is 6.67. The minimum Gasteiger partial charge on any atom is -0.397 e. The summed E-state index contributed by atoms with van der Waals surface area (Å²) in [7, 11) is 0. The second kappa shape index (κ2) is 4.39. The minimum absolute atomic E-state index is 0.0885. The van der Waals surface area contributed by atoms with Gasteiger partial charge in [0.2, 0.25) is 5.91 Å². The molecule has 0 unspecified atom stereocenters. The Kier molecular flexibility index (Phi) is 3.27. The summed E-state index contributed by atoms with van der Waals surface area (Å²) in [5.74, 6) is -0.400. The third-order valence-electron chi connectivity index (χ3n) is 4.92. The first-order valence-electron chi connectivity index (χ1n) is 6.66. The summed E-state index contributed by atoms with van der Waals surface area (Å²) in [6, 6.07) is 2.94. The van der Waals surface area contributed by atoms with E-state index in [1.54, 1.807) is 0 Å². The van der Waals surface area contributed by atoms with Crippen molar-refractivity contribution < 1.29 is 18.0 Å². The maximum absolute atomic E-state index is 12.6. The van der Waals surface area contributed by atoms with E-state index in [0.717, 1.165) is 12.1 Å². The molecule has 1 saturated carbocycles. The molecule has 116 valence electrons. The molecule has 1 aliphatic rings. The Morgan fingerprint density at radius 3 is 2.10 bits per heavy atom. The van der Waals surface area contributed by atoms with Crippen LogP contribution in [0.15, 0.2) is 18.2 Å². The van der Waals surface area contributed by atoms with Crippen molar-refractivity contribution in [1.29, 1.82) is 0 Å². The zero-order valence-corrected chi connectivity index (χ0v) is 12.4. The molecule has 0 bridgehead atoms. The fraction of sp³-hybridized carbons (Fsp3) is 0.533. The van der Waals surface area contributed by atoms with Gasteiger partial charge in [-0.15, -0.1) is 0 Å². The molecule has 21 heavy (non-hydrogen) atoms. The van der Waals surface area contributed by atoms with Gasteiger partial charge in [-0.1, -0.05) is 27.7 Å². The highest BCUT2D eigenvalue weighted by Crippen LogP contribution is 2.68. The fourth-order valence-corrected chi connectivity index (χ4v) is 2.91. The van der Waals surface area contributed by atoms with Gasteiger partial charge in [-0.3, -0.25) is 4.79 Å². The molecule has 0 saturated heterocycles. The van der Waals surface area contributed by atoms with Gasteiger partial charge >= 0.3 is 6.18 Å². The van der Waals surface area contributed by atoms with Crippen LogP contribution in [-0.4, -0.2) is 5.91 Å². The third-order valence-corrected chi connectivity index (χ3v) is 4.92. The smallest absolute Gasteiger partial charge is 0.397 e. The van der Waals surface area contributed by atoms with Gasteiger partial charge in [0.1, 0.15) is 0 Å². The number of nitrogens with two attached hydrogens (primary N) is 1. The molecule has 1 amide bonds. The number of rotatable bonds is 2. The molecule has 0 aliphatic heterocycles. The first-order chi connectivity index (χ1) is 9.39. The molecule has 1 aromatic carbocycles. The lowest BCUT2D eigenvalue weighted by Gasteiger charge is -2.12. The van der Waals surface area contributed by atoms with Crippen molar-refractivity contribution in [3.63, 3.8) is 0 Å². The summed E-state index contributed by atoms with van der Waals surface area (Å²) < 4.78 is 37.7.